The van der Waals surface area contributed by atoms with E-state index >= 15 is 4.39 Å². The van der Waals surface area contributed by atoms with E-state index in [9.17, 15) is 9.90 Å². The molecule has 0 bridgehead atoms. The molecular formula is C28H39FN2O3. The summed E-state index contributed by atoms with van der Waals surface area (Å²) >= 11 is 0. The number of fused-ring (bicyclic) bond motifs is 1. The number of piperidine rings is 1. The average Bonchev–Trinajstić information content (AvgIpc) is 2.86. The molecule has 1 N–H and O–H groups in total. The largest absolute Gasteiger partial charge is 0.497 e. The van der Waals surface area contributed by atoms with E-state index < -0.39 is 12.1 Å². The Morgan fingerprint density at radius 3 is 2.76 bits per heavy atom. The van der Waals surface area contributed by atoms with Gasteiger partial charge in [-0.25, -0.2) is 4.39 Å². The Hall–Kier alpha value is -2.21. The fourth-order valence-corrected chi connectivity index (χ4v) is 6.10. The highest BCUT2D eigenvalue weighted by Crippen LogP contribution is 2.36. The van der Waals surface area contributed by atoms with Gasteiger partial charge in [0.15, 0.2) is 0 Å². The average molecular weight is 471 g/mol. The fourth-order valence-electron chi connectivity index (χ4n) is 6.10. The zero-order valence-corrected chi connectivity index (χ0v) is 20.4. The molecule has 2 aliphatic rings. The summed E-state index contributed by atoms with van der Waals surface area (Å²) in [5, 5.41) is 10.3. The zero-order valence-electron chi connectivity index (χ0n) is 20.4. The lowest BCUT2D eigenvalue weighted by molar-refractivity contribution is -0.139. The number of ether oxygens (including phenoxy) is 1. The van der Waals surface area contributed by atoms with E-state index in [-0.39, 0.29) is 18.3 Å². The van der Waals surface area contributed by atoms with E-state index in [0.717, 1.165) is 42.9 Å². The minimum absolute atomic E-state index is 0.0964. The van der Waals surface area contributed by atoms with E-state index in [1.54, 1.807) is 19.4 Å². The molecule has 5 nitrogen and oxygen atoms in total. The first-order valence-electron chi connectivity index (χ1n) is 13.0. The highest BCUT2D eigenvalue weighted by atomic mass is 19.1. The van der Waals surface area contributed by atoms with Gasteiger partial charge in [-0.15, -0.1) is 0 Å². The first kappa shape index (κ1) is 24.9. The third-order valence-corrected chi connectivity index (χ3v) is 8.10. The second kappa shape index (κ2) is 12.0. The van der Waals surface area contributed by atoms with Crippen LogP contribution in [-0.4, -0.2) is 47.7 Å². The predicted molar refractivity (Wildman–Crippen MR) is 133 cm³/mol. The number of aliphatic carboxylic acids is 1. The van der Waals surface area contributed by atoms with Crippen molar-refractivity contribution >= 4 is 16.9 Å². The Morgan fingerprint density at radius 1 is 1.18 bits per heavy atom. The number of hydrogen-bond donors (Lipinski definition) is 1. The third-order valence-electron chi connectivity index (χ3n) is 8.10. The highest BCUT2D eigenvalue weighted by molar-refractivity contribution is 5.83. The molecule has 2 heterocycles. The molecule has 1 saturated heterocycles. The lowest BCUT2D eigenvalue weighted by atomic mass is 9.79. The standard InChI is InChI=1S/C28H39FN2O3/c1-34-23-8-10-27-25(18-23)24(11-14-30-27)26(29)9-7-21-13-16-31(19-22(21)17-28(32)33)15-12-20-5-3-2-4-6-20/h8,10-11,14,18,20-22,26H,2-7,9,12-13,15-17,19H2,1H3,(H,32,33)/t21-,22+,26-/m1/s1. The third kappa shape index (κ3) is 6.47. The van der Waals surface area contributed by atoms with E-state index in [1.807, 2.05) is 18.2 Å². The summed E-state index contributed by atoms with van der Waals surface area (Å²) in [4.78, 5) is 18.4. The smallest absolute Gasteiger partial charge is 0.303 e. The van der Waals surface area contributed by atoms with E-state index in [0.29, 0.717) is 24.2 Å². The maximum Gasteiger partial charge on any atom is 0.303 e. The molecule has 1 aliphatic heterocycles. The van der Waals surface area contributed by atoms with Gasteiger partial charge < -0.3 is 14.7 Å². The summed E-state index contributed by atoms with van der Waals surface area (Å²) in [5.41, 5.74) is 1.40. The molecule has 6 heteroatoms. The van der Waals surface area contributed by atoms with Crippen LogP contribution in [0, 0.1) is 17.8 Å². The van der Waals surface area contributed by atoms with Crippen LogP contribution < -0.4 is 4.74 Å². The molecule has 186 valence electrons. The maximum absolute atomic E-state index is 15.5. The molecule has 34 heavy (non-hydrogen) atoms. The van der Waals surface area contributed by atoms with Crippen LogP contribution in [0.25, 0.3) is 10.9 Å². The van der Waals surface area contributed by atoms with Crippen LogP contribution in [0.2, 0.25) is 0 Å². The van der Waals surface area contributed by atoms with Crippen molar-refractivity contribution in [3.05, 3.63) is 36.0 Å². The Balaban J connectivity index is 1.35. The normalized spacial score (nSPS) is 23.1. The molecule has 2 aromatic rings. The number of methoxy groups -OCH3 is 1. The van der Waals surface area contributed by atoms with Gasteiger partial charge in [0.2, 0.25) is 0 Å². The zero-order chi connectivity index (χ0) is 23.9. The van der Waals surface area contributed by atoms with Gasteiger partial charge >= 0.3 is 5.97 Å². The van der Waals surface area contributed by atoms with Crippen LogP contribution in [0.4, 0.5) is 4.39 Å². The number of benzene rings is 1. The van der Waals surface area contributed by atoms with Crippen molar-refractivity contribution in [3.8, 4) is 5.75 Å². The van der Waals surface area contributed by atoms with Crippen LogP contribution in [0.1, 0.15) is 75.9 Å². The van der Waals surface area contributed by atoms with Crippen LogP contribution >= 0.6 is 0 Å². The summed E-state index contributed by atoms with van der Waals surface area (Å²) in [6, 6.07) is 7.30. The van der Waals surface area contributed by atoms with Crippen molar-refractivity contribution in [2.45, 2.75) is 70.4 Å². The fraction of sp³-hybridized carbons (Fsp3) is 0.643. The topological polar surface area (TPSA) is 62.7 Å². The van der Waals surface area contributed by atoms with Gasteiger partial charge in [0.05, 0.1) is 12.6 Å². The van der Waals surface area contributed by atoms with Crippen molar-refractivity contribution < 1.29 is 19.0 Å². The summed E-state index contributed by atoms with van der Waals surface area (Å²) in [6.07, 6.45) is 10.8. The number of carboxylic acid groups (broad SMARTS) is 1. The Morgan fingerprint density at radius 2 is 2.00 bits per heavy atom. The highest BCUT2D eigenvalue weighted by Gasteiger charge is 2.31. The predicted octanol–water partition coefficient (Wildman–Crippen LogP) is 6.42. The molecule has 1 aromatic carbocycles. The van der Waals surface area contributed by atoms with Crippen molar-refractivity contribution in [2.75, 3.05) is 26.7 Å². The number of hydrogen-bond acceptors (Lipinski definition) is 4. The van der Waals surface area contributed by atoms with Gasteiger partial charge in [-0.3, -0.25) is 9.78 Å². The van der Waals surface area contributed by atoms with Crippen molar-refractivity contribution in [3.63, 3.8) is 0 Å². The van der Waals surface area contributed by atoms with Gasteiger partial charge in [-0.2, -0.15) is 0 Å². The van der Waals surface area contributed by atoms with Gasteiger partial charge in [0.1, 0.15) is 11.9 Å². The van der Waals surface area contributed by atoms with Crippen molar-refractivity contribution in [1.82, 2.24) is 9.88 Å². The molecule has 1 aromatic heterocycles. The maximum atomic E-state index is 15.5. The van der Waals surface area contributed by atoms with Gasteiger partial charge in [-0.05, 0) is 86.4 Å². The van der Waals surface area contributed by atoms with Crippen molar-refractivity contribution in [1.29, 1.82) is 0 Å². The van der Waals surface area contributed by atoms with Gasteiger partial charge in [0.25, 0.3) is 0 Å². The Bertz CT molecular complexity index is 946. The van der Waals surface area contributed by atoms with Crippen LogP contribution in [-0.2, 0) is 4.79 Å². The number of alkyl halides is 1. The lowest BCUT2D eigenvalue weighted by Crippen LogP contribution is -2.42. The van der Waals surface area contributed by atoms with Gasteiger partial charge in [0, 0.05) is 24.5 Å². The number of carbonyl (C=O) groups is 1. The summed E-state index contributed by atoms with van der Waals surface area (Å²) < 4.78 is 20.8. The van der Waals surface area contributed by atoms with E-state index in [2.05, 4.69) is 9.88 Å². The molecule has 2 fully saturated rings. The minimum Gasteiger partial charge on any atom is -0.497 e. The molecule has 0 radical (unpaired) electrons. The number of carboxylic acids is 1. The van der Waals surface area contributed by atoms with Gasteiger partial charge in [-0.1, -0.05) is 32.1 Å². The second-order valence-electron chi connectivity index (χ2n) is 10.3. The molecule has 0 unspecified atom stereocenters. The second-order valence-corrected chi connectivity index (χ2v) is 10.3. The van der Waals surface area contributed by atoms with Crippen LogP contribution in [0.3, 0.4) is 0 Å². The minimum atomic E-state index is -1.10. The SMILES string of the molecule is COc1ccc2nccc([C@H](F)CC[C@@H]3CCN(CCC4CCCCC4)C[C@@H]3CC(=O)O)c2c1. The molecule has 4 rings (SSSR count). The van der Waals surface area contributed by atoms with Crippen LogP contribution in [0.5, 0.6) is 5.75 Å². The lowest BCUT2D eigenvalue weighted by Gasteiger charge is -2.39. The number of rotatable bonds is 10. The molecular weight excluding hydrogens is 431 g/mol. The monoisotopic (exact) mass is 470 g/mol. The van der Waals surface area contributed by atoms with Crippen molar-refractivity contribution in [2.24, 2.45) is 17.8 Å². The number of likely N-dealkylation sites (tertiary alicyclic amines) is 1. The summed E-state index contributed by atoms with van der Waals surface area (Å²) in [5.74, 6) is 1.14. The Labute approximate surface area is 202 Å². The number of halogens is 1. The Kier molecular flexibility index (Phi) is 8.76. The quantitative estimate of drug-likeness (QED) is 0.434. The summed E-state index contributed by atoms with van der Waals surface area (Å²) in [6.45, 7) is 2.90. The first-order valence-corrected chi connectivity index (χ1v) is 13.0. The van der Waals surface area contributed by atoms with E-state index in [1.165, 1.54) is 38.5 Å². The molecule has 1 aliphatic carbocycles. The summed E-state index contributed by atoms with van der Waals surface area (Å²) in [7, 11) is 1.61. The molecule has 3 atom stereocenters. The number of aromatic nitrogens is 1. The number of nitrogens with zero attached hydrogens (tertiary/aromatic N) is 2. The first-order chi connectivity index (χ1) is 16.5. The van der Waals surface area contributed by atoms with Crippen LogP contribution in [0.15, 0.2) is 30.5 Å². The molecule has 0 amide bonds. The van der Waals surface area contributed by atoms with E-state index in [4.69, 9.17) is 4.74 Å². The molecule has 0 spiro atoms. The number of pyridine rings is 1. The molecule has 1 saturated carbocycles.